The molecule has 0 spiro atoms. The average Bonchev–Trinajstić information content (AvgIpc) is 2.92. The van der Waals surface area contributed by atoms with Gasteiger partial charge in [0.1, 0.15) is 0 Å². The average molecular weight is 272 g/mol. The Labute approximate surface area is 117 Å². The molecule has 0 aliphatic heterocycles. The Kier molecular flexibility index (Phi) is 4.12. The molecule has 1 aromatic carbocycles. The zero-order chi connectivity index (χ0) is 13.8. The highest BCUT2D eigenvalue weighted by atomic mass is 32.1. The van der Waals surface area contributed by atoms with Crippen LogP contribution in [0.15, 0.2) is 40.8 Å². The standard InChI is InChI=1S/C15H16N2OS/c1-10-6-7-13(9-11(10)2)15(18)17-16-12(3)14-5-4-8-19-14/h4-9H,1-3H3,(H,17,18). The van der Waals surface area contributed by atoms with Crippen LogP contribution in [0.25, 0.3) is 0 Å². The molecule has 98 valence electrons. The molecule has 3 nitrogen and oxygen atoms in total. The van der Waals surface area contributed by atoms with Gasteiger partial charge in [-0.05, 0) is 55.5 Å². The van der Waals surface area contributed by atoms with E-state index in [2.05, 4.69) is 10.5 Å². The van der Waals surface area contributed by atoms with Crippen molar-refractivity contribution in [2.24, 2.45) is 5.10 Å². The van der Waals surface area contributed by atoms with Crippen LogP contribution in [0.5, 0.6) is 0 Å². The highest BCUT2D eigenvalue weighted by molar-refractivity contribution is 7.12. The van der Waals surface area contributed by atoms with Gasteiger partial charge in [-0.3, -0.25) is 4.79 Å². The second-order valence-electron chi connectivity index (χ2n) is 4.41. The number of hydrogen-bond acceptors (Lipinski definition) is 3. The predicted octanol–water partition coefficient (Wildman–Crippen LogP) is 3.52. The Morgan fingerprint density at radius 1 is 1.21 bits per heavy atom. The molecule has 4 heteroatoms. The summed E-state index contributed by atoms with van der Waals surface area (Å²) in [7, 11) is 0. The topological polar surface area (TPSA) is 41.5 Å². The lowest BCUT2D eigenvalue weighted by Crippen LogP contribution is -2.19. The van der Waals surface area contributed by atoms with E-state index in [0.717, 1.165) is 16.2 Å². The molecule has 19 heavy (non-hydrogen) atoms. The Morgan fingerprint density at radius 2 is 2.00 bits per heavy atom. The lowest BCUT2D eigenvalue weighted by molar-refractivity contribution is 0.0955. The maximum atomic E-state index is 12.0. The number of carbonyl (C=O) groups excluding carboxylic acids is 1. The molecule has 1 heterocycles. The molecular formula is C15H16N2OS. The molecule has 1 amide bonds. The maximum absolute atomic E-state index is 12.0. The lowest BCUT2D eigenvalue weighted by atomic mass is 10.1. The van der Waals surface area contributed by atoms with Crippen LogP contribution in [0, 0.1) is 13.8 Å². The second kappa shape index (κ2) is 5.80. The van der Waals surface area contributed by atoms with Gasteiger partial charge in [0.05, 0.1) is 5.71 Å². The quantitative estimate of drug-likeness (QED) is 0.674. The summed E-state index contributed by atoms with van der Waals surface area (Å²) in [6, 6.07) is 9.57. The van der Waals surface area contributed by atoms with E-state index in [0.29, 0.717) is 5.56 Å². The van der Waals surface area contributed by atoms with Crippen LogP contribution in [0.4, 0.5) is 0 Å². The molecule has 0 saturated heterocycles. The first-order valence-corrected chi connectivity index (χ1v) is 6.91. The summed E-state index contributed by atoms with van der Waals surface area (Å²) in [5.74, 6) is -0.181. The van der Waals surface area contributed by atoms with Gasteiger partial charge in [0, 0.05) is 10.4 Å². The third-order valence-electron chi connectivity index (χ3n) is 2.97. The van der Waals surface area contributed by atoms with Crippen LogP contribution in [0.3, 0.4) is 0 Å². The van der Waals surface area contributed by atoms with Gasteiger partial charge < -0.3 is 0 Å². The van der Waals surface area contributed by atoms with Crippen molar-refractivity contribution in [1.82, 2.24) is 5.43 Å². The van der Waals surface area contributed by atoms with E-state index in [9.17, 15) is 4.79 Å². The van der Waals surface area contributed by atoms with E-state index in [1.54, 1.807) is 11.3 Å². The van der Waals surface area contributed by atoms with Crippen LogP contribution in [0.2, 0.25) is 0 Å². The number of amides is 1. The second-order valence-corrected chi connectivity index (χ2v) is 5.36. The van der Waals surface area contributed by atoms with Gasteiger partial charge in [0.2, 0.25) is 0 Å². The summed E-state index contributed by atoms with van der Waals surface area (Å²) in [4.78, 5) is 13.0. The fourth-order valence-corrected chi connectivity index (χ4v) is 2.30. The first kappa shape index (κ1) is 13.5. The molecule has 2 aromatic rings. The normalized spacial score (nSPS) is 11.4. The van der Waals surface area contributed by atoms with E-state index in [4.69, 9.17) is 0 Å². The minimum atomic E-state index is -0.181. The number of hydrazone groups is 1. The summed E-state index contributed by atoms with van der Waals surface area (Å²) in [6.45, 7) is 5.90. The molecule has 0 atom stereocenters. The number of benzene rings is 1. The van der Waals surface area contributed by atoms with Crippen molar-refractivity contribution in [1.29, 1.82) is 0 Å². The molecule has 0 aliphatic rings. The van der Waals surface area contributed by atoms with Crippen molar-refractivity contribution < 1.29 is 4.79 Å². The number of nitrogens with zero attached hydrogens (tertiary/aromatic N) is 1. The van der Waals surface area contributed by atoms with Crippen LogP contribution in [-0.2, 0) is 0 Å². The van der Waals surface area contributed by atoms with E-state index in [1.807, 2.05) is 56.5 Å². The Balaban J connectivity index is 2.09. The summed E-state index contributed by atoms with van der Waals surface area (Å²) < 4.78 is 0. The van der Waals surface area contributed by atoms with Crippen LogP contribution in [0.1, 0.15) is 33.3 Å². The number of rotatable bonds is 3. The molecule has 0 saturated carbocycles. The molecule has 0 unspecified atom stereocenters. The SMILES string of the molecule is CC(=NNC(=O)c1ccc(C)c(C)c1)c1cccs1. The van der Waals surface area contributed by atoms with Gasteiger partial charge in [0.25, 0.3) is 5.91 Å². The van der Waals surface area contributed by atoms with Gasteiger partial charge in [-0.15, -0.1) is 11.3 Å². The van der Waals surface area contributed by atoms with E-state index in [-0.39, 0.29) is 5.91 Å². The van der Waals surface area contributed by atoms with Gasteiger partial charge in [-0.1, -0.05) is 12.1 Å². The fraction of sp³-hybridized carbons (Fsp3) is 0.200. The minimum Gasteiger partial charge on any atom is -0.267 e. The Hall–Kier alpha value is -1.94. The van der Waals surface area contributed by atoms with Crippen molar-refractivity contribution in [3.63, 3.8) is 0 Å². The first-order valence-electron chi connectivity index (χ1n) is 6.03. The van der Waals surface area contributed by atoms with Gasteiger partial charge >= 0.3 is 0 Å². The predicted molar refractivity (Wildman–Crippen MR) is 79.9 cm³/mol. The number of hydrogen-bond donors (Lipinski definition) is 1. The molecule has 0 radical (unpaired) electrons. The highest BCUT2D eigenvalue weighted by Gasteiger charge is 2.06. The lowest BCUT2D eigenvalue weighted by Gasteiger charge is -2.04. The van der Waals surface area contributed by atoms with E-state index in [1.165, 1.54) is 5.56 Å². The molecule has 2 rings (SSSR count). The Bertz CT molecular complexity index is 615. The third-order valence-corrected chi connectivity index (χ3v) is 3.95. The number of carbonyl (C=O) groups is 1. The smallest absolute Gasteiger partial charge is 0.267 e. The number of aryl methyl sites for hydroxylation is 2. The molecule has 1 N–H and O–H groups in total. The summed E-state index contributed by atoms with van der Waals surface area (Å²) in [5, 5.41) is 6.11. The van der Waals surface area contributed by atoms with Crippen molar-refractivity contribution in [3.05, 3.63) is 57.3 Å². The molecule has 0 aliphatic carbocycles. The van der Waals surface area contributed by atoms with Crippen molar-refractivity contribution in [3.8, 4) is 0 Å². The van der Waals surface area contributed by atoms with Crippen LogP contribution >= 0.6 is 11.3 Å². The fourth-order valence-electron chi connectivity index (χ4n) is 1.62. The third kappa shape index (κ3) is 3.29. The van der Waals surface area contributed by atoms with Crippen LogP contribution < -0.4 is 5.43 Å². The van der Waals surface area contributed by atoms with Crippen molar-refractivity contribution >= 4 is 23.0 Å². The van der Waals surface area contributed by atoms with Crippen molar-refractivity contribution in [2.45, 2.75) is 20.8 Å². The molecule has 1 aromatic heterocycles. The van der Waals surface area contributed by atoms with Gasteiger partial charge in [-0.25, -0.2) is 5.43 Å². The van der Waals surface area contributed by atoms with Gasteiger partial charge in [0.15, 0.2) is 0 Å². The zero-order valence-corrected chi connectivity index (χ0v) is 12.0. The van der Waals surface area contributed by atoms with Gasteiger partial charge in [-0.2, -0.15) is 5.10 Å². The molecule has 0 fully saturated rings. The monoisotopic (exact) mass is 272 g/mol. The summed E-state index contributed by atoms with van der Waals surface area (Å²) in [5.41, 5.74) is 6.31. The van der Waals surface area contributed by atoms with E-state index < -0.39 is 0 Å². The zero-order valence-electron chi connectivity index (χ0n) is 11.2. The maximum Gasteiger partial charge on any atom is 0.271 e. The summed E-state index contributed by atoms with van der Waals surface area (Å²) >= 11 is 1.60. The number of nitrogens with one attached hydrogen (secondary N) is 1. The largest absolute Gasteiger partial charge is 0.271 e. The number of thiophene rings is 1. The highest BCUT2D eigenvalue weighted by Crippen LogP contribution is 2.11. The Morgan fingerprint density at radius 3 is 2.63 bits per heavy atom. The molecular weight excluding hydrogens is 256 g/mol. The summed E-state index contributed by atoms with van der Waals surface area (Å²) in [6.07, 6.45) is 0. The van der Waals surface area contributed by atoms with Crippen molar-refractivity contribution in [2.75, 3.05) is 0 Å². The van der Waals surface area contributed by atoms with Crippen LogP contribution in [-0.4, -0.2) is 11.6 Å². The first-order chi connectivity index (χ1) is 9.08. The molecule has 0 bridgehead atoms. The minimum absolute atomic E-state index is 0.181. The van der Waals surface area contributed by atoms with E-state index >= 15 is 0 Å².